The number of hydrogen-bond acceptors (Lipinski definition) is 3. The molecular formula is C17H27NO2. The minimum absolute atomic E-state index is 0.408. The monoisotopic (exact) mass is 277 g/mol. The van der Waals surface area contributed by atoms with E-state index in [0.717, 1.165) is 48.0 Å². The Bertz CT molecular complexity index is 427. The number of nitrogens with zero attached hydrogens (tertiary/aromatic N) is 1. The van der Waals surface area contributed by atoms with Crippen molar-refractivity contribution in [3.05, 3.63) is 28.8 Å². The number of aryl methyl sites for hydroxylation is 2. The zero-order valence-corrected chi connectivity index (χ0v) is 13.1. The van der Waals surface area contributed by atoms with Crippen LogP contribution in [0.1, 0.15) is 42.6 Å². The molecule has 1 saturated heterocycles. The lowest BCUT2D eigenvalue weighted by atomic mass is 9.95. The fraction of sp³-hybridized carbons (Fsp3) is 0.647. The molecule has 0 amide bonds. The number of piperidine rings is 1. The zero-order chi connectivity index (χ0) is 14.7. The summed E-state index contributed by atoms with van der Waals surface area (Å²) in [5.74, 6) is 1.69. The molecule has 0 bridgehead atoms. The van der Waals surface area contributed by atoms with Crippen LogP contribution in [0.4, 0.5) is 0 Å². The van der Waals surface area contributed by atoms with Gasteiger partial charge >= 0.3 is 0 Å². The molecule has 0 spiro atoms. The summed E-state index contributed by atoms with van der Waals surface area (Å²) in [5.41, 5.74) is 3.28. The highest BCUT2D eigenvalue weighted by atomic mass is 16.5. The van der Waals surface area contributed by atoms with Gasteiger partial charge < -0.3 is 14.7 Å². The summed E-state index contributed by atoms with van der Waals surface area (Å²) in [7, 11) is 1.68. The lowest BCUT2D eigenvalue weighted by molar-refractivity contribution is 0.0908. The third kappa shape index (κ3) is 3.53. The maximum atomic E-state index is 10.6. The summed E-state index contributed by atoms with van der Waals surface area (Å²) >= 11 is 0. The number of aliphatic hydroxyl groups excluding tert-OH is 1. The van der Waals surface area contributed by atoms with Crippen LogP contribution in [-0.2, 0) is 0 Å². The predicted molar refractivity (Wildman–Crippen MR) is 82.3 cm³/mol. The van der Waals surface area contributed by atoms with Gasteiger partial charge in [-0.3, -0.25) is 0 Å². The summed E-state index contributed by atoms with van der Waals surface area (Å²) in [4.78, 5) is 2.38. The second kappa shape index (κ2) is 6.59. The Morgan fingerprint density at radius 2 is 1.80 bits per heavy atom. The Morgan fingerprint density at radius 1 is 1.25 bits per heavy atom. The molecule has 1 N–H and O–H groups in total. The van der Waals surface area contributed by atoms with Crippen LogP contribution in [0.3, 0.4) is 0 Å². The normalized spacial score (nSPS) is 19.1. The van der Waals surface area contributed by atoms with Crippen molar-refractivity contribution < 1.29 is 9.84 Å². The van der Waals surface area contributed by atoms with E-state index in [4.69, 9.17) is 4.74 Å². The molecule has 1 heterocycles. The van der Waals surface area contributed by atoms with Crippen molar-refractivity contribution in [2.24, 2.45) is 5.92 Å². The van der Waals surface area contributed by atoms with E-state index in [0.29, 0.717) is 0 Å². The van der Waals surface area contributed by atoms with Gasteiger partial charge in [-0.1, -0.05) is 6.92 Å². The quantitative estimate of drug-likeness (QED) is 0.918. The first-order chi connectivity index (χ1) is 9.51. The largest absolute Gasteiger partial charge is 0.497 e. The molecule has 0 aromatic heterocycles. The Balaban J connectivity index is 2.07. The van der Waals surface area contributed by atoms with E-state index in [-0.39, 0.29) is 0 Å². The van der Waals surface area contributed by atoms with Gasteiger partial charge in [0.15, 0.2) is 0 Å². The molecule has 1 aromatic rings. The maximum Gasteiger partial charge on any atom is 0.119 e. The SMILES string of the molecule is COc1cc(C)c(C(O)CN2CCC(C)CC2)c(C)c1. The fourth-order valence-electron chi connectivity index (χ4n) is 3.16. The first-order valence-electron chi connectivity index (χ1n) is 7.56. The third-order valence-electron chi connectivity index (χ3n) is 4.44. The molecule has 1 aliphatic rings. The number of β-amino-alcohol motifs (C(OH)–C–C–N with tert-alkyl or cyclic N) is 1. The zero-order valence-electron chi connectivity index (χ0n) is 13.1. The van der Waals surface area contributed by atoms with Gasteiger partial charge in [-0.15, -0.1) is 0 Å². The van der Waals surface area contributed by atoms with Crippen LogP contribution in [0.5, 0.6) is 5.75 Å². The topological polar surface area (TPSA) is 32.7 Å². The van der Waals surface area contributed by atoms with Gasteiger partial charge in [0, 0.05) is 6.54 Å². The molecule has 3 heteroatoms. The highest BCUT2D eigenvalue weighted by Gasteiger charge is 2.21. The van der Waals surface area contributed by atoms with Gasteiger partial charge in [-0.05, 0) is 74.5 Å². The van der Waals surface area contributed by atoms with E-state index in [1.807, 2.05) is 26.0 Å². The summed E-state index contributed by atoms with van der Waals surface area (Å²) in [5, 5.41) is 10.6. The van der Waals surface area contributed by atoms with Crippen LogP contribution in [0, 0.1) is 19.8 Å². The van der Waals surface area contributed by atoms with E-state index < -0.39 is 6.10 Å². The predicted octanol–water partition coefficient (Wildman–Crippen LogP) is 3.08. The first-order valence-corrected chi connectivity index (χ1v) is 7.56. The molecule has 0 radical (unpaired) electrons. The van der Waals surface area contributed by atoms with Gasteiger partial charge in [0.1, 0.15) is 5.75 Å². The first kappa shape index (κ1) is 15.3. The van der Waals surface area contributed by atoms with Crippen molar-refractivity contribution in [3.8, 4) is 5.75 Å². The van der Waals surface area contributed by atoms with E-state index in [1.165, 1.54) is 12.8 Å². The minimum atomic E-state index is -0.408. The van der Waals surface area contributed by atoms with Gasteiger partial charge in [-0.25, -0.2) is 0 Å². The van der Waals surface area contributed by atoms with Gasteiger partial charge in [0.25, 0.3) is 0 Å². The highest BCUT2D eigenvalue weighted by molar-refractivity contribution is 5.42. The Hall–Kier alpha value is -1.06. The van der Waals surface area contributed by atoms with E-state index in [1.54, 1.807) is 7.11 Å². The maximum absolute atomic E-state index is 10.6. The van der Waals surface area contributed by atoms with Gasteiger partial charge in [0.2, 0.25) is 0 Å². The smallest absolute Gasteiger partial charge is 0.119 e. The van der Waals surface area contributed by atoms with Gasteiger partial charge in [-0.2, -0.15) is 0 Å². The molecule has 1 atom stereocenters. The molecular weight excluding hydrogens is 250 g/mol. The van der Waals surface area contributed by atoms with Crippen LogP contribution in [0.15, 0.2) is 12.1 Å². The van der Waals surface area contributed by atoms with Crippen molar-refractivity contribution in [3.63, 3.8) is 0 Å². The van der Waals surface area contributed by atoms with Crippen LogP contribution in [0.25, 0.3) is 0 Å². The number of rotatable bonds is 4. The molecule has 3 nitrogen and oxygen atoms in total. The number of likely N-dealkylation sites (tertiary alicyclic amines) is 1. The standard InChI is InChI=1S/C17H27NO2/c1-12-5-7-18(8-6-12)11-16(19)17-13(2)9-15(20-4)10-14(17)3/h9-10,12,16,19H,5-8,11H2,1-4H3. The molecule has 1 unspecified atom stereocenters. The van der Waals surface area contributed by atoms with Crippen molar-refractivity contribution in [1.29, 1.82) is 0 Å². The lowest BCUT2D eigenvalue weighted by Gasteiger charge is -2.32. The Morgan fingerprint density at radius 3 is 2.30 bits per heavy atom. The molecule has 0 aliphatic carbocycles. The van der Waals surface area contributed by atoms with Gasteiger partial charge in [0.05, 0.1) is 13.2 Å². The molecule has 0 saturated carbocycles. The summed E-state index contributed by atoms with van der Waals surface area (Å²) in [6.45, 7) is 9.35. The average Bonchev–Trinajstić information content (AvgIpc) is 2.40. The summed E-state index contributed by atoms with van der Waals surface area (Å²) in [6.07, 6.45) is 2.08. The van der Waals surface area contributed by atoms with Crippen LogP contribution in [0.2, 0.25) is 0 Å². The van der Waals surface area contributed by atoms with E-state index in [9.17, 15) is 5.11 Å². The summed E-state index contributed by atoms with van der Waals surface area (Å²) < 4.78 is 5.28. The third-order valence-corrected chi connectivity index (χ3v) is 4.44. The second-order valence-electron chi connectivity index (χ2n) is 6.17. The van der Waals surface area contributed by atoms with E-state index >= 15 is 0 Å². The van der Waals surface area contributed by atoms with Crippen molar-refractivity contribution in [2.45, 2.75) is 39.7 Å². The number of benzene rings is 1. The molecule has 1 aromatic carbocycles. The van der Waals surface area contributed by atoms with Crippen molar-refractivity contribution in [1.82, 2.24) is 4.90 Å². The highest BCUT2D eigenvalue weighted by Crippen LogP contribution is 2.28. The number of methoxy groups -OCH3 is 1. The van der Waals surface area contributed by atoms with Crippen molar-refractivity contribution >= 4 is 0 Å². The van der Waals surface area contributed by atoms with E-state index in [2.05, 4.69) is 11.8 Å². The fourth-order valence-corrected chi connectivity index (χ4v) is 3.16. The Kier molecular flexibility index (Phi) is 5.06. The number of hydrogen-bond donors (Lipinski definition) is 1. The van der Waals surface area contributed by atoms with Crippen LogP contribution < -0.4 is 4.74 Å². The molecule has 112 valence electrons. The number of ether oxygens (including phenoxy) is 1. The van der Waals surface area contributed by atoms with Crippen LogP contribution in [-0.4, -0.2) is 36.8 Å². The second-order valence-corrected chi connectivity index (χ2v) is 6.17. The van der Waals surface area contributed by atoms with Crippen molar-refractivity contribution in [2.75, 3.05) is 26.7 Å². The summed E-state index contributed by atoms with van der Waals surface area (Å²) in [6, 6.07) is 4.01. The molecule has 2 rings (SSSR count). The lowest BCUT2D eigenvalue weighted by Crippen LogP contribution is -2.36. The Labute approximate surface area is 122 Å². The average molecular weight is 277 g/mol. The number of aliphatic hydroxyl groups is 1. The minimum Gasteiger partial charge on any atom is -0.497 e. The van der Waals surface area contributed by atoms with Crippen LogP contribution >= 0.6 is 0 Å². The molecule has 20 heavy (non-hydrogen) atoms. The molecule has 1 aliphatic heterocycles. The molecule has 1 fully saturated rings.